The van der Waals surface area contributed by atoms with Crippen molar-refractivity contribution in [2.24, 2.45) is 0 Å². The molecule has 0 aliphatic carbocycles. The fraction of sp³-hybridized carbons (Fsp3) is 0.455. The Bertz CT molecular complexity index is 306. The molecule has 0 saturated heterocycles. The Morgan fingerprint density at radius 2 is 2.36 bits per heavy atom. The Morgan fingerprint density at radius 1 is 1.64 bits per heavy atom. The molecule has 1 N–H and O–H groups in total. The smallest absolute Gasteiger partial charge is 0.0931 e. The highest BCUT2D eigenvalue weighted by Crippen LogP contribution is 2.26. The molecule has 0 fully saturated rings. The average molecular weight is 230 g/mol. The zero-order chi connectivity index (χ0) is 10.6. The number of nitrogens with one attached hydrogen (secondary N) is 1. The summed E-state index contributed by atoms with van der Waals surface area (Å²) in [6, 6.07) is 4.40. The molecule has 1 unspecified atom stereocenters. The summed E-state index contributed by atoms with van der Waals surface area (Å²) in [4.78, 5) is 1.29. The van der Waals surface area contributed by atoms with Gasteiger partial charge in [-0.15, -0.1) is 17.9 Å². The SMILES string of the molecule is C=C(C)CCNC(C)c1ccc(Cl)s1. The third-order valence-corrected chi connectivity index (χ3v) is 3.44. The van der Waals surface area contributed by atoms with Gasteiger partial charge < -0.3 is 5.32 Å². The first-order valence-corrected chi connectivity index (χ1v) is 5.92. The van der Waals surface area contributed by atoms with Crippen molar-refractivity contribution in [3.05, 3.63) is 33.5 Å². The molecule has 0 aliphatic heterocycles. The summed E-state index contributed by atoms with van der Waals surface area (Å²) in [6.45, 7) is 9.05. The van der Waals surface area contributed by atoms with Crippen molar-refractivity contribution < 1.29 is 0 Å². The van der Waals surface area contributed by atoms with Crippen LogP contribution in [0.25, 0.3) is 0 Å². The molecule has 1 atom stereocenters. The third-order valence-electron chi connectivity index (χ3n) is 2.02. The molecular formula is C11H16ClNS. The first kappa shape index (κ1) is 11.8. The van der Waals surface area contributed by atoms with E-state index in [4.69, 9.17) is 11.6 Å². The second kappa shape index (κ2) is 5.54. The molecule has 1 aromatic heterocycles. The highest BCUT2D eigenvalue weighted by Gasteiger charge is 2.06. The van der Waals surface area contributed by atoms with Gasteiger partial charge in [-0.25, -0.2) is 0 Å². The van der Waals surface area contributed by atoms with Crippen LogP contribution in [-0.2, 0) is 0 Å². The van der Waals surface area contributed by atoms with Crippen molar-refractivity contribution in [1.29, 1.82) is 0 Å². The van der Waals surface area contributed by atoms with Crippen LogP contribution in [0.4, 0.5) is 0 Å². The predicted octanol–water partition coefficient (Wildman–Crippen LogP) is 4.02. The van der Waals surface area contributed by atoms with Crippen LogP contribution < -0.4 is 5.32 Å². The van der Waals surface area contributed by atoms with Crippen LogP contribution in [0.3, 0.4) is 0 Å². The van der Waals surface area contributed by atoms with Gasteiger partial charge in [0.05, 0.1) is 4.34 Å². The summed E-state index contributed by atoms with van der Waals surface area (Å²) in [7, 11) is 0. The summed E-state index contributed by atoms with van der Waals surface area (Å²) in [5, 5.41) is 3.43. The van der Waals surface area contributed by atoms with Gasteiger partial charge in [-0.3, -0.25) is 0 Å². The minimum absolute atomic E-state index is 0.381. The molecule has 0 bridgehead atoms. The standard InChI is InChI=1S/C11H16ClNS/c1-8(2)6-7-13-9(3)10-4-5-11(12)14-10/h4-5,9,13H,1,6-7H2,2-3H3. The minimum Gasteiger partial charge on any atom is -0.309 e. The van der Waals surface area contributed by atoms with Crippen molar-refractivity contribution >= 4 is 22.9 Å². The Morgan fingerprint density at radius 3 is 2.86 bits per heavy atom. The van der Waals surface area contributed by atoms with E-state index in [-0.39, 0.29) is 0 Å². The monoisotopic (exact) mass is 229 g/mol. The van der Waals surface area contributed by atoms with E-state index in [0.29, 0.717) is 6.04 Å². The van der Waals surface area contributed by atoms with E-state index in [9.17, 15) is 0 Å². The normalized spacial score (nSPS) is 12.8. The second-order valence-electron chi connectivity index (χ2n) is 3.52. The van der Waals surface area contributed by atoms with Crippen molar-refractivity contribution in [2.75, 3.05) is 6.54 Å². The number of hydrogen-bond acceptors (Lipinski definition) is 2. The fourth-order valence-electron chi connectivity index (χ4n) is 1.16. The third kappa shape index (κ3) is 3.82. The average Bonchev–Trinajstić information content (AvgIpc) is 2.51. The van der Waals surface area contributed by atoms with Gasteiger partial charge in [0, 0.05) is 10.9 Å². The summed E-state index contributed by atoms with van der Waals surface area (Å²) in [5.74, 6) is 0. The van der Waals surface area contributed by atoms with Crippen LogP contribution >= 0.6 is 22.9 Å². The molecule has 3 heteroatoms. The molecule has 14 heavy (non-hydrogen) atoms. The van der Waals surface area contributed by atoms with E-state index < -0.39 is 0 Å². The predicted molar refractivity (Wildman–Crippen MR) is 65.2 cm³/mol. The van der Waals surface area contributed by atoms with Crippen molar-refractivity contribution in [1.82, 2.24) is 5.32 Å². The highest BCUT2D eigenvalue weighted by atomic mass is 35.5. The van der Waals surface area contributed by atoms with E-state index in [0.717, 1.165) is 17.3 Å². The Labute approximate surface area is 94.8 Å². The van der Waals surface area contributed by atoms with Crippen molar-refractivity contribution in [3.63, 3.8) is 0 Å². The fourth-order valence-corrected chi connectivity index (χ4v) is 2.25. The molecule has 0 radical (unpaired) electrons. The Kier molecular flexibility index (Phi) is 4.66. The number of halogens is 1. The van der Waals surface area contributed by atoms with Gasteiger partial charge in [0.1, 0.15) is 0 Å². The van der Waals surface area contributed by atoms with E-state index >= 15 is 0 Å². The van der Waals surface area contributed by atoms with Crippen LogP contribution in [0.2, 0.25) is 4.34 Å². The van der Waals surface area contributed by atoms with Gasteiger partial charge in [0.25, 0.3) is 0 Å². The molecule has 1 heterocycles. The lowest BCUT2D eigenvalue weighted by atomic mass is 10.2. The van der Waals surface area contributed by atoms with Crippen LogP contribution in [0.1, 0.15) is 31.2 Å². The van der Waals surface area contributed by atoms with Crippen LogP contribution in [0.5, 0.6) is 0 Å². The molecular weight excluding hydrogens is 214 g/mol. The highest BCUT2D eigenvalue weighted by molar-refractivity contribution is 7.16. The van der Waals surface area contributed by atoms with Crippen molar-refractivity contribution in [2.45, 2.75) is 26.3 Å². The van der Waals surface area contributed by atoms with Crippen LogP contribution in [0, 0.1) is 0 Å². The molecule has 0 aliphatic rings. The molecule has 1 rings (SSSR count). The second-order valence-corrected chi connectivity index (χ2v) is 5.27. The van der Waals surface area contributed by atoms with Crippen LogP contribution in [0.15, 0.2) is 24.3 Å². The van der Waals surface area contributed by atoms with Gasteiger partial charge in [-0.2, -0.15) is 0 Å². The molecule has 0 amide bonds. The minimum atomic E-state index is 0.381. The largest absolute Gasteiger partial charge is 0.309 e. The van der Waals surface area contributed by atoms with Gasteiger partial charge >= 0.3 is 0 Å². The maximum atomic E-state index is 5.87. The number of thiophene rings is 1. The Balaban J connectivity index is 2.35. The number of rotatable bonds is 5. The first-order chi connectivity index (χ1) is 6.59. The molecule has 1 aromatic rings. The van der Waals surface area contributed by atoms with Gasteiger partial charge in [0.2, 0.25) is 0 Å². The van der Waals surface area contributed by atoms with Crippen LogP contribution in [-0.4, -0.2) is 6.54 Å². The molecule has 0 spiro atoms. The zero-order valence-corrected chi connectivity index (χ0v) is 10.2. The lowest BCUT2D eigenvalue weighted by Gasteiger charge is -2.11. The van der Waals surface area contributed by atoms with E-state index in [1.54, 1.807) is 11.3 Å². The van der Waals surface area contributed by atoms with E-state index in [1.807, 2.05) is 13.0 Å². The lowest BCUT2D eigenvalue weighted by molar-refractivity contribution is 0.584. The maximum Gasteiger partial charge on any atom is 0.0931 e. The molecule has 0 saturated carbocycles. The summed E-state index contributed by atoms with van der Waals surface area (Å²) in [6.07, 6.45) is 1.03. The van der Waals surface area contributed by atoms with E-state index in [2.05, 4.69) is 24.9 Å². The molecule has 78 valence electrons. The van der Waals surface area contributed by atoms with E-state index in [1.165, 1.54) is 10.5 Å². The van der Waals surface area contributed by atoms with Crippen molar-refractivity contribution in [3.8, 4) is 0 Å². The first-order valence-electron chi connectivity index (χ1n) is 4.72. The number of hydrogen-bond donors (Lipinski definition) is 1. The zero-order valence-electron chi connectivity index (χ0n) is 8.64. The Hall–Kier alpha value is -0.310. The summed E-state index contributed by atoms with van der Waals surface area (Å²) in [5.41, 5.74) is 1.22. The topological polar surface area (TPSA) is 12.0 Å². The quantitative estimate of drug-likeness (QED) is 0.753. The van der Waals surface area contributed by atoms with Gasteiger partial charge in [-0.05, 0) is 38.9 Å². The summed E-state index contributed by atoms with van der Waals surface area (Å²) >= 11 is 7.50. The summed E-state index contributed by atoms with van der Waals surface area (Å²) < 4.78 is 0.855. The molecule has 0 aromatic carbocycles. The lowest BCUT2D eigenvalue weighted by Crippen LogP contribution is -2.18. The maximum absolute atomic E-state index is 5.87. The van der Waals surface area contributed by atoms with Gasteiger partial charge in [0.15, 0.2) is 0 Å². The molecule has 1 nitrogen and oxygen atoms in total. The van der Waals surface area contributed by atoms with Gasteiger partial charge in [-0.1, -0.05) is 17.2 Å².